The number of hydrogen-bond donors (Lipinski definition) is 0. The van der Waals surface area contributed by atoms with Crippen LogP contribution in [0.15, 0.2) is 28.9 Å². The molecule has 126 valence electrons. The lowest BCUT2D eigenvalue weighted by molar-refractivity contribution is 0.0681. The zero-order chi connectivity index (χ0) is 16.7. The van der Waals surface area contributed by atoms with Gasteiger partial charge in [0.1, 0.15) is 5.76 Å². The van der Waals surface area contributed by atoms with Gasteiger partial charge in [-0.3, -0.25) is 9.48 Å². The van der Waals surface area contributed by atoms with E-state index >= 15 is 0 Å². The summed E-state index contributed by atoms with van der Waals surface area (Å²) in [6.45, 7) is 2.08. The standard InChI is InChI=1S/C18H22N4O2/c1-3-4-15-11-16(20-24-15)18(23)22-13-5-6-14(22)10-12(9-13)17-7-8-19-21(17)2/h7-9,11,13-14H,3-6,10H2,1-2H3. The molecule has 1 fully saturated rings. The first-order valence-corrected chi connectivity index (χ1v) is 8.64. The Labute approximate surface area is 141 Å². The Morgan fingerprint density at radius 3 is 3.00 bits per heavy atom. The molecule has 2 aliphatic rings. The Kier molecular flexibility index (Phi) is 3.75. The van der Waals surface area contributed by atoms with Crippen LogP contribution in [0.25, 0.3) is 5.57 Å². The summed E-state index contributed by atoms with van der Waals surface area (Å²) in [7, 11) is 1.96. The van der Waals surface area contributed by atoms with E-state index in [0.717, 1.165) is 43.6 Å². The van der Waals surface area contributed by atoms with Crippen LogP contribution in [0.3, 0.4) is 0 Å². The zero-order valence-corrected chi connectivity index (χ0v) is 14.1. The fourth-order valence-electron chi connectivity index (χ4n) is 3.94. The molecule has 0 aliphatic carbocycles. The molecule has 1 saturated heterocycles. The van der Waals surface area contributed by atoms with Crippen LogP contribution in [0.2, 0.25) is 0 Å². The molecule has 24 heavy (non-hydrogen) atoms. The Hall–Kier alpha value is -2.37. The average molecular weight is 326 g/mol. The van der Waals surface area contributed by atoms with E-state index < -0.39 is 0 Å². The van der Waals surface area contributed by atoms with Crippen molar-refractivity contribution in [1.82, 2.24) is 19.8 Å². The van der Waals surface area contributed by atoms with Crippen molar-refractivity contribution in [2.45, 2.75) is 51.1 Å². The van der Waals surface area contributed by atoms with Crippen LogP contribution < -0.4 is 0 Å². The molecule has 0 radical (unpaired) electrons. The Balaban J connectivity index is 1.58. The Morgan fingerprint density at radius 2 is 2.29 bits per heavy atom. The lowest BCUT2D eigenvalue weighted by atomic mass is 9.98. The maximum atomic E-state index is 12.9. The number of carbonyl (C=O) groups is 1. The molecule has 0 spiro atoms. The molecular formula is C18H22N4O2. The summed E-state index contributed by atoms with van der Waals surface area (Å²) in [5.74, 6) is 0.783. The summed E-state index contributed by atoms with van der Waals surface area (Å²) >= 11 is 0. The first-order chi connectivity index (χ1) is 11.7. The summed E-state index contributed by atoms with van der Waals surface area (Å²) in [4.78, 5) is 14.9. The normalized spacial score (nSPS) is 22.8. The first-order valence-electron chi connectivity index (χ1n) is 8.64. The minimum Gasteiger partial charge on any atom is -0.361 e. The third kappa shape index (κ3) is 2.46. The second-order valence-corrected chi connectivity index (χ2v) is 6.68. The van der Waals surface area contributed by atoms with Crippen LogP contribution in [-0.2, 0) is 13.5 Å². The number of aryl methyl sites for hydroxylation is 2. The van der Waals surface area contributed by atoms with Gasteiger partial charge in [0.25, 0.3) is 5.91 Å². The van der Waals surface area contributed by atoms with Crippen molar-refractivity contribution >= 4 is 11.5 Å². The van der Waals surface area contributed by atoms with Gasteiger partial charge in [-0.15, -0.1) is 0 Å². The molecule has 2 atom stereocenters. The third-order valence-electron chi connectivity index (χ3n) is 5.05. The van der Waals surface area contributed by atoms with Gasteiger partial charge in [-0.2, -0.15) is 5.10 Å². The van der Waals surface area contributed by atoms with E-state index in [-0.39, 0.29) is 18.0 Å². The van der Waals surface area contributed by atoms with Gasteiger partial charge >= 0.3 is 0 Å². The average Bonchev–Trinajstić information content (AvgIpc) is 3.26. The number of rotatable bonds is 4. The topological polar surface area (TPSA) is 64.2 Å². The summed E-state index contributed by atoms with van der Waals surface area (Å²) in [6, 6.07) is 4.22. The van der Waals surface area contributed by atoms with Crippen molar-refractivity contribution < 1.29 is 9.32 Å². The van der Waals surface area contributed by atoms with Gasteiger partial charge in [0.15, 0.2) is 5.69 Å². The van der Waals surface area contributed by atoms with Gasteiger partial charge in [0.05, 0.1) is 11.7 Å². The summed E-state index contributed by atoms with van der Waals surface area (Å²) in [5, 5.41) is 8.25. The van der Waals surface area contributed by atoms with E-state index in [0.29, 0.717) is 5.69 Å². The highest BCUT2D eigenvalue weighted by atomic mass is 16.5. The largest absolute Gasteiger partial charge is 0.361 e. The minimum absolute atomic E-state index is 0.00564. The van der Waals surface area contributed by atoms with Crippen molar-refractivity contribution in [3.63, 3.8) is 0 Å². The molecule has 4 rings (SSSR count). The molecule has 2 unspecified atom stereocenters. The van der Waals surface area contributed by atoms with Gasteiger partial charge in [0.2, 0.25) is 0 Å². The second-order valence-electron chi connectivity index (χ2n) is 6.68. The molecule has 2 bridgehead atoms. The predicted molar refractivity (Wildman–Crippen MR) is 89.3 cm³/mol. The van der Waals surface area contributed by atoms with Gasteiger partial charge in [-0.1, -0.05) is 18.2 Å². The van der Waals surface area contributed by atoms with E-state index in [1.807, 2.05) is 28.9 Å². The first kappa shape index (κ1) is 15.2. The number of aromatic nitrogens is 3. The number of amides is 1. The van der Waals surface area contributed by atoms with Crippen molar-refractivity contribution in [3.8, 4) is 0 Å². The van der Waals surface area contributed by atoms with E-state index in [2.05, 4.69) is 23.3 Å². The quantitative estimate of drug-likeness (QED) is 0.866. The minimum atomic E-state index is -0.00564. The lowest BCUT2D eigenvalue weighted by Gasteiger charge is -2.33. The monoisotopic (exact) mass is 326 g/mol. The molecule has 0 saturated carbocycles. The van der Waals surface area contributed by atoms with E-state index in [1.54, 1.807) is 6.07 Å². The molecule has 0 N–H and O–H groups in total. The fraction of sp³-hybridized carbons (Fsp3) is 0.500. The van der Waals surface area contributed by atoms with Crippen LogP contribution in [-0.4, -0.2) is 37.8 Å². The van der Waals surface area contributed by atoms with Crippen LogP contribution in [0, 0.1) is 0 Å². The highest BCUT2D eigenvalue weighted by molar-refractivity contribution is 5.93. The van der Waals surface area contributed by atoms with Crippen molar-refractivity contribution in [2.75, 3.05) is 0 Å². The van der Waals surface area contributed by atoms with Gasteiger partial charge < -0.3 is 9.42 Å². The van der Waals surface area contributed by atoms with E-state index in [1.165, 1.54) is 5.57 Å². The molecule has 6 nitrogen and oxygen atoms in total. The van der Waals surface area contributed by atoms with E-state index in [9.17, 15) is 4.79 Å². The van der Waals surface area contributed by atoms with Crippen LogP contribution in [0.4, 0.5) is 0 Å². The lowest BCUT2D eigenvalue weighted by Crippen LogP contribution is -2.43. The van der Waals surface area contributed by atoms with Crippen molar-refractivity contribution in [1.29, 1.82) is 0 Å². The number of carbonyl (C=O) groups excluding carboxylic acids is 1. The number of nitrogens with zero attached hydrogens (tertiary/aromatic N) is 4. The third-order valence-corrected chi connectivity index (χ3v) is 5.05. The molecule has 6 heteroatoms. The predicted octanol–water partition coefficient (Wildman–Crippen LogP) is 2.82. The van der Waals surface area contributed by atoms with Crippen molar-refractivity contribution in [2.24, 2.45) is 7.05 Å². The highest BCUT2D eigenvalue weighted by Gasteiger charge is 2.41. The molecule has 4 heterocycles. The van der Waals surface area contributed by atoms with Crippen LogP contribution in [0.5, 0.6) is 0 Å². The van der Waals surface area contributed by atoms with Gasteiger partial charge in [-0.25, -0.2) is 0 Å². The molecule has 2 aromatic heterocycles. The summed E-state index contributed by atoms with van der Waals surface area (Å²) in [5.41, 5.74) is 2.87. The molecule has 2 aromatic rings. The zero-order valence-electron chi connectivity index (χ0n) is 14.1. The number of hydrogen-bond acceptors (Lipinski definition) is 4. The number of fused-ring (bicyclic) bond motifs is 2. The SMILES string of the molecule is CCCc1cc(C(=O)N2C3C=C(c4ccnn4C)CC2CC3)no1. The van der Waals surface area contributed by atoms with Crippen LogP contribution in [0.1, 0.15) is 54.5 Å². The summed E-state index contributed by atoms with van der Waals surface area (Å²) in [6.07, 6.45) is 8.77. The van der Waals surface area contributed by atoms with E-state index in [4.69, 9.17) is 4.52 Å². The molecule has 2 aliphatic heterocycles. The van der Waals surface area contributed by atoms with Gasteiger partial charge in [-0.05, 0) is 37.3 Å². The summed E-state index contributed by atoms with van der Waals surface area (Å²) < 4.78 is 7.18. The molecule has 1 amide bonds. The second kappa shape index (κ2) is 5.92. The van der Waals surface area contributed by atoms with Crippen LogP contribution >= 0.6 is 0 Å². The van der Waals surface area contributed by atoms with Gasteiger partial charge in [0, 0.05) is 31.8 Å². The molecular weight excluding hydrogens is 304 g/mol. The fourth-order valence-corrected chi connectivity index (χ4v) is 3.94. The maximum absolute atomic E-state index is 12.9. The Bertz CT molecular complexity index is 789. The Morgan fingerprint density at radius 1 is 1.42 bits per heavy atom. The smallest absolute Gasteiger partial charge is 0.276 e. The highest BCUT2D eigenvalue weighted by Crippen LogP contribution is 2.39. The maximum Gasteiger partial charge on any atom is 0.276 e. The van der Waals surface area contributed by atoms with Crippen molar-refractivity contribution in [3.05, 3.63) is 41.6 Å². The molecule has 0 aromatic carbocycles.